The van der Waals surface area contributed by atoms with E-state index in [0.29, 0.717) is 5.69 Å². The number of nitrogens with zero attached hydrogens (tertiary/aromatic N) is 3. The van der Waals surface area contributed by atoms with Gasteiger partial charge in [-0.3, -0.25) is 5.01 Å². The van der Waals surface area contributed by atoms with E-state index in [1.165, 1.54) is 6.08 Å². The lowest BCUT2D eigenvalue weighted by Gasteiger charge is -2.11. The van der Waals surface area contributed by atoms with E-state index in [2.05, 4.69) is 10.3 Å². The summed E-state index contributed by atoms with van der Waals surface area (Å²) < 4.78 is 0. The molecule has 0 saturated carbocycles. The van der Waals surface area contributed by atoms with Crippen molar-refractivity contribution >= 4 is 17.7 Å². The van der Waals surface area contributed by atoms with E-state index in [0.717, 1.165) is 24.7 Å². The standard InChI is InChI=1S/C13H17N3O2/c1-3-16(4-2)15-14-12-7-5-6-11(10-12)8-9-13(17)18/h5-10H,3-4H2,1-2H3,(H,17,18)/p-1/b9-8+,15-14?. The molecule has 1 rings (SSSR count). The second kappa shape index (κ2) is 7.21. The number of benzene rings is 1. The number of aliphatic carboxylic acids is 1. The Labute approximate surface area is 106 Å². The fraction of sp³-hybridized carbons (Fsp3) is 0.308. The van der Waals surface area contributed by atoms with Gasteiger partial charge in [0.1, 0.15) is 0 Å². The predicted molar refractivity (Wildman–Crippen MR) is 67.9 cm³/mol. The fourth-order valence-corrected chi connectivity index (χ4v) is 1.32. The van der Waals surface area contributed by atoms with Crippen molar-refractivity contribution in [3.8, 4) is 0 Å². The summed E-state index contributed by atoms with van der Waals surface area (Å²) in [6, 6.07) is 7.15. The van der Waals surface area contributed by atoms with Crippen LogP contribution in [-0.4, -0.2) is 24.1 Å². The first-order chi connectivity index (χ1) is 8.65. The van der Waals surface area contributed by atoms with Crippen LogP contribution in [0.15, 0.2) is 40.7 Å². The minimum Gasteiger partial charge on any atom is -0.545 e. The van der Waals surface area contributed by atoms with Crippen LogP contribution in [0.4, 0.5) is 5.69 Å². The maximum atomic E-state index is 10.3. The average molecular weight is 246 g/mol. The maximum absolute atomic E-state index is 10.3. The van der Waals surface area contributed by atoms with Crippen molar-refractivity contribution in [3.05, 3.63) is 35.9 Å². The van der Waals surface area contributed by atoms with Gasteiger partial charge in [0.2, 0.25) is 0 Å². The molecule has 96 valence electrons. The van der Waals surface area contributed by atoms with E-state index >= 15 is 0 Å². The van der Waals surface area contributed by atoms with Crippen LogP contribution in [0.5, 0.6) is 0 Å². The van der Waals surface area contributed by atoms with Crippen LogP contribution < -0.4 is 5.11 Å². The maximum Gasteiger partial charge on any atom is 0.0880 e. The SMILES string of the molecule is CCN(CC)N=Nc1cccc(/C=C/C(=O)[O-])c1. The molecule has 0 spiro atoms. The first kappa shape index (κ1) is 13.9. The molecule has 0 fully saturated rings. The predicted octanol–water partition coefficient (Wildman–Crippen LogP) is 1.79. The number of carbonyl (C=O) groups excluding carboxylic acids is 1. The van der Waals surface area contributed by atoms with Gasteiger partial charge in [-0.05, 0) is 37.6 Å². The molecule has 0 radical (unpaired) electrons. The van der Waals surface area contributed by atoms with Crippen LogP contribution in [0.3, 0.4) is 0 Å². The molecule has 18 heavy (non-hydrogen) atoms. The fourth-order valence-electron chi connectivity index (χ4n) is 1.32. The lowest BCUT2D eigenvalue weighted by molar-refractivity contribution is -0.297. The van der Waals surface area contributed by atoms with Crippen LogP contribution in [0.1, 0.15) is 19.4 Å². The van der Waals surface area contributed by atoms with Gasteiger partial charge < -0.3 is 9.90 Å². The van der Waals surface area contributed by atoms with Gasteiger partial charge in [0.15, 0.2) is 0 Å². The molecule has 0 atom stereocenters. The zero-order chi connectivity index (χ0) is 13.4. The highest BCUT2D eigenvalue weighted by Crippen LogP contribution is 2.16. The Hall–Kier alpha value is -2.17. The normalized spacial score (nSPS) is 11.2. The van der Waals surface area contributed by atoms with Crippen LogP contribution >= 0.6 is 0 Å². The minimum atomic E-state index is -1.22. The second-order valence-electron chi connectivity index (χ2n) is 3.58. The molecule has 0 aliphatic rings. The van der Waals surface area contributed by atoms with Crippen molar-refractivity contribution in [2.75, 3.05) is 13.1 Å². The molecule has 0 heterocycles. The highest BCUT2D eigenvalue weighted by Gasteiger charge is 1.94. The van der Waals surface area contributed by atoms with Crippen LogP contribution in [-0.2, 0) is 4.79 Å². The summed E-state index contributed by atoms with van der Waals surface area (Å²) >= 11 is 0. The number of hydrogen-bond acceptors (Lipinski definition) is 4. The Morgan fingerprint density at radius 1 is 1.39 bits per heavy atom. The van der Waals surface area contributed by atoms with Gasteiger partial charge in [0, 0.05) is 13.1 Å². The largest absolute Gasteiger partial charge is 0.545 e. The first-order valence-electron chi connectivity index (χ1n) is 5.81. The molecule has 1 aromatic rings. The number of carboxylic acid groups (broad SMARTS) is 1. The quantitative estimate of drug-likeness (QED) is 0.436. The number of hydrogen-bond donors (Lipinski definition) is 0. The number of rotatable bonds is 6. The molecule has 0 saturated heterocycles. The summed E-state index contributed by atoms with van der Waals surface area (Å²) in [5.74, 6) is -1.22. The number of carbonyl (C=O) groups is 1. The van der Waals surface area contributed by atoms with E-state index in [4.69, 9.17) is 0 Å². The summed E-state index contributed by atoms with van der Waals surface area (Å²) in [4.78, 5) is 10.3. The Morgan fingerprint density at radius 3 is 2.72 bits per heavy atom. The van der Waals surface area contributed by atoms with Crippen molar-refractivity contribution in [2.24, 2.45) is 10.3 Å². The average Bonchev–Trinajstić information content (AvgIpc) is 2.38. The molecular weight excluding hydrogens is 230 g/mol. The number of carboxylic acids is 1. The third-order valence-corrected chi connectivity index (χ3v) is 2.30. The Bertz CT molecular complexity index is 451. The van der Waals surface area contributed by atoms with E-state index < -0.39 is 5.97 Å². The van der Waals surface area contributed by atoms with Crippen molar-refractivity contribution in [1.29, 1.82) is 0 Å². The second-order valence-corrected chi connectivity index (χ2v) is 3.58. The first-order valence-corrected chi connectivity index (χ1v) is 5.81. The summed E-state index contributed by atoms with van der Waals surface area (Å²) in [7, 11) is 0. The van der Waals surface area contributed by atoms with E-state index in [9.17, 15) is 9.90 Å². The van der Waals surface area contributed by atoms with Crippen LogP contribution in [0.2, 0.25) is 0 Å². The van der Waals surface area contributed by atoms with Crippen molar-refractivity contribution in [2.45, 2.75) is 13.8 Å². The molecular formula is C13H16N3O2-. The molecule has 0 amide bonds. The Morgan fingerprint density at radius 2 is 2.11 bits per heavy atom. The Kier molecular flexibility index (Phi) is 5.57. The van der Waals surface area contributed by atoms with Gasteiger partial charge in [-0.2, -0.15) is 0 Å². The molecule has 0 unspecified atom stereocenters. The van der Waals surface area contributed by atoms with Crippen LogP contribution in [0.25, 0.3) is 6.08 Å². The third kappa shape index (κ3) is 4.78. The lowest BCUT2D eigenvalue weighted by atomic mass is 10.2. The minimum absolute atomic E-state index is 0.683. The molecule has 0 aliphatic heterocycles. The van der Waals surface area contributed by atoms with E-state index in [1.807, 2.05) is 24.9 Å². The Balaban J connectivity index is 2.79. The van der Waals surface area contributed by atoms with Gasteiger partial charge in [-0.25, -0.2) is 0 Å². The van der Waals surface area contributed by atoms with E-state index in [-0.39, 0.29) is 0 Å². The molecule has 0 bridgehead atoms. The van der Waals surface area contributed by atoms with E-state index in [1.54, 1.807) is 18.2 Å². The highest BCUT2D eigenvalue weighted by atomic mass is 16.4. The zero-order valence-corrected chi connectivity index (χ0v) is 10.5. The van der Waals surface area contributed by atoms with Crippen molar-refractivity contribution in [3.63, 3.8) is 0 Å². The molecule has 0 aromatic heterocycles. The van der Waals surface area contributed by atoms with Crippen molar-refractivity contribution in [1.82, 2.24) is 5.01 Å². The summed E-state index contributed by atoms with van der Waals surface area (Å²) in [6.45, 7) is 5.59. The molecule has 0 N–H and O–H groups in total. The molecule has 0 aliphatic carbocycles. The van der Waals surface area contributed by atoms with Gasteiger partial charge in [0.05, 0.1) is 11.7 Å². The van der Waals surface area contributed by atoms with Gasteiger partial charge in [0.25, 0.3) is 0 Å². The molecule has 5 heteroatoms. The monoisotopic (exact) mass is 246 g/mol. The van der Waals surface area contributed by atoms with Gasteiger partial charge >= 0.3 is 0 Å². The van der Waals surface area contributed by atoms with Gasteiger partial charge in [-0.15, -0.1) is 5.11 Å². The highest BCUT2D eigenvalue weighted by molar-refractivity contribution is 5.83. The summed E-state index contributed by atoms with van der Waals surface area (Å²) in [6.07, 6.45) is 2.45. The smallest absolute Gasteiger partial charge is 0.0880 e. The molecule has 5 nitrogen and oxygen atoms in total. The van der Waals surface area contributed by atoms with Gasteiger partial charge in [-0.1, -0.05) is 23.4 Å². The zero-order valence-electron chi connectivity index (χ0n) is 10.5. The lowest BCUT2D eigenvalue weighted by Crippen LogP contribution is -2.18. The molecule has 1 aromatic carbocycles. The van der Waals surface area contributed by atoms with Crippen LogP contribution in [0, 0.1) is 0 Å². The third-order valence-electron chi connectivity index (χ3n) is 2.30. The van der Waals surface area contributed by atoms with Crippen molar-refractivity contribution < 1.29 is 9.90 Å². The topological polar surface area (TPSA) is 68.1 Å². The summed E-state index contributed by atoms with van der Waals surface area (Å²) in [5, 5.41) is 20.3. The summed E-state index contributed by atoms with van der Waals surface area (Å²) in [5.41, 5.74) is 1.43.